The van der Waals surface area contributed by atoms with E-state index in [0.717, 1.165) is 25.1 Å². The fraction of sp³-hybridized carbons (Fsp3) is 0.625. The van der Waals surface area contributed by atoms with Crippen LogP contribution in [0.3, 0.4) is 0 Å². The molecule has 0 saturated heterocycles. The van der Waals surface area contributed by atoms with Crippen LogP contribution in [0.1, 0.15) is 50.8 Å². The minimum atomic E-state index is -0.344. The van der Waals surface area contributed by atoms with Crippen molar-refractivity contribution >= 4 is 0 Å². The van der Waals surface area contributed by atoms with E-state index in [1.165, 1.54) is 12.0 Å². The Balaban J connectivity index is 2.48. The van der Waals surface area contributed by atoms with Gasteiger partial charge >= 0.3 is 0 Å². The maximum Gasteiger partial charge on any atom is 0.0802 e. The lowest BCUT2D eigenvalue weighted by Gasteiger charge is -2.27. The van der Waals surface area contributed by atoms with Crippen LogP contribution in [0.25, 0.3) is 0 Å². The molecule has 2 nitrogen and oxygen atoms in total. The molecule has 18 heavy (non-hydrogen) atoms. The molecular formula is C16H27NO. The minimum absolute atomic E-state index is 0.344. The van der Waals surface area contributed by atoms with E-state index < -0.39 is 0 Å². The molecule has 1 unspecified atom stereocenters. The third-order valence-electron chi connectivity index (χ3n) is 3.39. The van der Waals surface area contributed by atoms with Gasteiger partial charge in [-0.3, -0.25) is 0 Å². The highest BCUT2D eigenvalue weighted by atomic mass is 16.3. The number of rotatable bonds is 7. The van der Waals surface area contributed by atoms with E-state index in [2.05, 4.69) is 44.7 Å². The summed E-state index contributed by atoms with van der Waals surface area (Å²) in [6, 6.07) is 8.73. The van der Waals surface area contributed by atoms with Crippen LogP contribution in [0.5, 0.6) is 0 Å². The Morgan fingerprint density at radius 2 is 1.72 bits per heavy atom. The molecule has 2 heteroatoms. The third-order valence-corrected chi connectivity index (χ3v) is 3.39. The van der Waals surface area contributed by atoms with Crippen molar-refractivity contribution in [1.82, 2.24) is 4.90 Å². The van der Waals surface area contributed by atoms with Gasteiger partial charge in [0.15, 0.2) is 0 Å². The number of nitrogens with zero attached hydrogens (tertiary/aromatic N) is 1. The molecule has 1 aromatic carbocycles. The van der Waals surface area contributed by atoms with E-state index >= 15 is 0 Å². The first-order valence-corrected chi connectivity index (χ1v) is 7.03. The molecule has 0 aromatic heterocycles. The molecular weight excluding hydrogens is 222 g/mol. The molecule has 1 atom stereocenters. The quantitative estimate of drug-likeness (QED) is 0.799. The fourth-order valence-corrected chi connectivity index (χ4v) is 2.16. The van der Waals surface area contributed by atoms with Crippen LogP contribution in [0.15, 0.2) is 24.3 Å². The number of aryl methyl sites for hydroxylation is 1. The van der Waals surface area contributed by atoms with Gasteiger partial charge in [-0.2, -0.15) is 0 Å². The Labute approximate surface area is 112 Å². The Hall–Kier alpha value is -0.860. The SMILES string of the molecule is CCCN(CCC(O)c1ccc(C)cc1)C(C)C. The van der Waals surface area contributed by atoms with Gasteiger partial charge in [0.1, 0.15) is 0 Å². The largest absolute Gasteiger partial charge is 0.388 e. The molecule has 0 fully saturated rings. The molecule has 0 heterocycles. The molecule has 1 aromatic rings. The van der Waals surface area contributed by atoms with E-state index in [0.29, 0.717) is 6.04 Å². The zero-order valence-electron chi connectivity index (χ0n) is 12.2. The zero-order chi connectivity index (χ0) is 13.5. The van der Waals surface area contributed by atoms with Crippen LogP contribution in [-0.4, -0.2) is 29.1 Å². The highest BCUT2D eigenvalue weighted by Gasteiger charge is 2.12. The second-order valence-electron chi connectivity index (χ2n) is 5.34. The average Bonchev–Trinajstić information content (AvgIpc) is 2.34. The molecule has 0 amide bonds. The summed E-state index contributed by atoms with van der Waals surface area (Å²) in [5, 5.41) is 10.2. The molecule has 102 valence electrons. The van der Waals surface area contributed by atoms with Crippen molar-refractivity contribution < 1.29 is 5.11 Å². The van der Waals surface area contributed by atoms with Crippen molar-refractivity contribution in [3.05, 3.63) is 35.4 Å². The van der Waals surface area contributed by atoms with Crippen molar-refractivity contribution in [3.8, 4) is 0 Å². The van der Waals surface area contributed by atoms with Crippen LogP contribution in [0.2, 0.25) is 0 Å². The van der Waals surface area contributed by atoms with E-state index in [-0.39, 0.29) is 6.10 Å². The predicted molar refractivity (Wildman–Crippen MR) is 77.8 cm³/mol. The van der Waals surface area contributed by atoms with Gasteiger partial charge in [0.25, 0.3) is 0 Å². The van der Waals surface area contributed by atoms with Crippen molar-refractivity contribution in [2.45, 2.75) is 52.7 Å². The number of hydrogen-bond donors (Lipinski definition) is 1. The molecule has 1 N–H and O–H groups in total. The lowest BCUT2D eigenvalue weighted by Crippen LogP contribution is -2.33. The highest BCUT2D eigenvalue weighted by molar-refractivity contribution is 5.22. The summed E-state index contributed by atoms with van der Waals surface area (Å²) in [6.45, 7) is 10.8. The average molecular weight is 249 g/mol. The molecule has 1 rings (SSSR count). The van der Waals surface area contributed by atoms with Crippen LogP contribution in [-0.2, 0) is 0 Å². The first kappa shape index (κ1) is 15.2. The summed E-state index contributed by atoms with van der Waals surface area (Å²) in [6.07, 6.45) is 1.63. The summed E-state index contributed by atoms with van der Waals surface area (Å²) in [5.41, 5.74) is 2.27. The third kappa shape index (κ3) is 4.79. The van der Waals surface area contributed by atoms with Gasteiger partial charge in [-0.25, -0.2) is 0 Å². The first-order chi connectivity index (χ1) is 8.54. The van der Waals surface area contributed by atoms with Crippen molar-refractivity contribution in [1.29, 1.82) is 0 Å². The molecule has 0 spiro atoms. The predicted octanol–water partition coefficient (Wildman–Crippen LogP) is 3.54. The summed E-state index contributed by atoms with van der Waals surface area (Å²) in [7, 11) is 0. The molecule has 0 radical (unpaired) electrons. The van der Waals surface area contributed by atoms with Gasteiger partial charge in [0, 0.05) is 12.6 Å². The van der Waals surface area contributed by atoms with Crippen LogP contribution in [0.4, 0.5) is 0 Å². The molecule has 0 bridgehead atoms. The van der Waals surface area contributed by atoms with E-state index in [4.69, 9.17) is 0 Å². The smallest absolute Gasteiger partial charge is 0.0802 e. The van der Waals surface area contributed by atoms with Gasteiger partial charge in [0.2, 0.25) is 0 Å². The zero-order valence-corrected chi connectivity index (χ0v) is 12.2. The Kier molecular flexibility index (Phi) is 6.37. The Morgan fingerprint density at radius 3 is 2.22 bits per heavy atom. The Bertz CT molecular complexity index is 331. The fourth-order valence-electron chi connectivity index (χ4n) is 2.16. The number of aliphatic hydroxyl groups is 1. The number of hydrogen-bond acceptors (Lipinski definition) is 2. The summed E-state index contributed by atoms with van der Waals surface area (Å²) >= 11 is 0. The maximum atomic E-state index is 10.2. The van der Waals surface area contributed by atoms with Gasteiger partial charge in [-0.15, -0.1) is 0 Å². The van der Waals surface area contributed by atoms with E-state index in [1.807, 2.05) is 12.1 Å². The second-order valence-corrected chi connectivity index (χ2v) is 5.34. The van der Waals surface area contributed by atoms with Gasteiger partial charge in [-0.1, -0.05) is 36.8 Å². The van der Waals surface area contributed by atoms with Crippen LogP contribution < -0.4 is 0 Å². The standard InChI is InChI=1S/C16H27NO/c1-5-11-17(13(2)3)12-10-16(18)15-8-6-14(4)7-9-15/h6-9,13,16,18H,5,10-12H2,1-4H3. The highest BCUT2D eigenvalue weighted by Crippen LogP contribution is 2.18. The first-order valence-electron chi connectivity index (χ1n) is 7.03. The van der Waals surface area contributed by atoms with Crippen molar-refractivity contribution in [2.75, 3.05) is 13.1 Å². The number of aliphatic hydroxyl groups excluding tert-OH is 1. The molecule has 0 saturated carbocycles. The van der Waals surface area contributed by atoms with Crippen LogP contribution >= 0.6 is 0 Å². The van der Waals surface area contributed by atoms with E-state index in [1.54, 1.807) is 0 Å². The maximum absolute atomic E-state index is 10.2. The second kappa shape index (κ2) is 7.55. The number of benzene rings is 1. The van der Waals surface area contributed by atoms with E-state index in [9.17, 15) is 5.11 Å². The van der Waals surface area contributed by atoms with Crippen molar-refractivity contribution in [3.63, 3.8) is 0 Å². The van der Waals surface area contributed by atoms with Crippen LogP contribution in [0, 0.1) is 6.92 Å². The summed E-state index contributed by atoms with van der Waals surface area (Å²) < 4.78 is 0. The van der Waals surface area contributed by atoms with Gasteiger partial charge in [-0.05, 0) is 45.7 Å². The lowest BCUT2D eigenvalue weighted by atomic mass is 10.0. The monoisotopic (exact) mass is 249 g/mol. The lowest BCUT2D eigenvalue weighted by molar-refractivity contribution is 0.130. The summed E-state index contributed by atoms with van der Waals surface area (Å²) in [4.78, 5) is 2.43. The van der Waals surface area contributed by atoms with Gasteiger partial charge in [0.05, 0.1) is 6.10 Å². The minimum Gasteiger partial charge on any atom is -0.388 e. The van der Waals surface area contributed by atoms with Gasteiger partial charge < -0.3 is 10.0 Å². The Morgan fingerprint density at radius 1 is 1.11 bits per heavy atom. The normalized spacial score (nSPS) is 13.3. The molecule has 0 aliphatic heterocycles. The molecule has 0 aliphatic carbocycles. The molecule has 0 aliphatic rings. The topological polar surface area (TPSA) is 23.5 Å². The summed E-state index contributed by atoms with van der Waals surface area (Å²) in [5.74, 6) is 0. The van der Waals surface area contributed by atoms with Crippen molar-refractivity contribution in [2.24, 2.45) is 0 Å².